The van der Waals surface area contributed by atoms with Crippen molar-refractivity contribution in [2.45, 2.75) is 24.9 Å². The lowest BCUT2D eigenvalue weighted by Gasteiger charge is -2.29. The van der Waals surface area contributed by atoms with E-state index in [-0.39, 0.29) is 24.9 Å². The molecule has 2 aliphatic rings. The zero-order valence-corrected chi connectivity index (χ0v) is 17.4. The van der Waals surface area contributed by atoms with Crippen LogP contribution in [0.2, 0.25) is 0 Å². The molecule has 2 saturated heterocycles. The molecule has 2 aromatic heterocycles. The second-order valence-corrected chi connectivity index (χ2v) is 7.71. The van der Waals surface area contributed by atoms with E-state index in [1.165, 1.54) is 24.5 Å². The second kappa shape index (κ2) is 10.1. The number of amides is 4. The number of hydroxylamine groups is 2. The van der Waals surface area contributed by atoms with Gasteiger partial charge in [0.15, 0.2) is 12.4 Å². The van der Waals surface area contributed by atoms with Crippen molar-refractivity contribution in [1.29, 1.82) is 0 Å². The third kappa shape index (κ3) is 5.96. The van der Waals surface area contributed by atoms with Crippen LogP contribution in [-0.4, -0.2) is 64.4 Å². The van der Waals surface area contributed by atoms with Crippen LogP contribution < -0.4 is 15.8 Å². The average Bonchev–Trinajstić information content (AvgIpc) is 3.03. The highest BCUT2D eigenvalue weighted by atomic mass is 32.3. The van der Waals surface area contributed by atoms with Gasteiger partial charge in [-0.25, -0.2) is 18.2 Å². The number of aromatic amines is 1. The lowest BCUT2D eigenvalue weighted by molar-refractivity contribution is -0.377. The Morgan fingerprint density at radius 1 is 1.12 bits per heavy atom. The van der Waals surface area contributed by atoms with Crippen molar-refractivity contribution in [2.75, 3.05) is 6.54 Å². The SMILES string of the molecule is O=C(NNC(=O)[C@@H]1CC[C@@H]2CN1C(=O)N2OS(=O)(=O)[O-])c1ccncc1.c1cc[nH+]cc1. The summed E-state index contributed by atoms with van der Waals surface area (Å²) >= 11 is 0. The van der Waals surface area contributed by atoms with E-state index < -0.39 is 40.3 Å². The molecule has 2 aliphatic heterocycles. The molecule has 4 rings (SSSR count). The van der Waals surface area contributed by atoms with Crippen LogP contribution in [0.4, 0.5) is 4.79 Å². The van der Waals surface area contributed by atoms with E-state index in [2.05, 4.69) is 25.1 Å². The van der Waals surface area contributed by atoms with Gasteiger partial charge in [-0.2, -0.15) is 9.35 Å². The van der Waals surface area contributed by atoms with Gasteiger partial charge in [0, 0.05) is 36.6 Å². The summed E-state index contributed by atoms with van der Waals surface area (Å²) in [5.41, 5.74) is 4.73. The lowest BCUT2D eigenvalue weighted by atomic mass is 10.0. The first-order valence-corrected chi connectivity index (χ1v) is 10.8. The molecule has 4 heterocycles. The smallest absolute Gasteiger partial charge is 0.346 e. The van der Waals surface area contributed by atoms with E-state index >= 15 is 0 Å². The Bertz CT molecular complexity index is 1030. The van der Waals surface area contributed by atoms with Crippen LogP contribution in [0.25, 0.3) is 0 Å². The largest absolute Gasteiger partial charge is 0.724 e. The Morgan fingerprint density at radius 3 is 2.38 bits per heavy atom. The zero-order valence-electron chi connectivity index (χ0n) is 16.6. The third-order valence-corrected chi connectivity index (χ3v) is 4.99. The number of carbonyl (C=O) groups is 3. The van der Waals surface area contributed by atoms with Gasteiger partial charge in [0.25, 0.3) is 11.8 Å². The van der Waals surface area contributed by atoms with Crippen molar-refractivity contribution in [3.63, 3.8) is 0 Å². The van der Waals surface area contributed by atoms with E-state index in [4.69, 9.17) is 0 Å². The van der Waals surface area contributed by atoms with Gasteiger partial charge in [0.1, 0.15) is 6.04 Å². The Labute approximate surface area is 183 Å². The van der Waals surface area contributed by atoms with Gasteiger partial charge >= 0.3 is 6.03 Å². The number of piperidine rings is 1. The van der Waals surface area contributed by atoms with Crippen LogP contribution in [0.3, 0.4) is 0 Å². The summed E-state index contributed by atoms with van der Waals surface area (Å²) in [6.45, 7) is 0.0325. The summed E-state index contributed by atoms with van der Waals surface area (Å²) in [4.78, 5) is 44.1. The van der Waals surface area contributed by atoms with E-state index in [1.807, 2.05) is 30.6 Å². The standard InChI is InChI=1S/C13H15N5O7S.C5H5N/c19-11(8-3-5-14-6-4-8)15-16-12(20)10-2-1-9-7-17(10)13(21)18(9)25-26(22,23)24;1-2-4-6-5-3-1/h3-6,9-10H,1-2,7H2,(H,15,19)(H,16,20)(H,22,23,24);1-5H/t9-,10+;/m1./s1. The number of hydrogen-bond acceptors (Lipinski definition) is 8. The van der Waals surface area contributed by atoms with E-state index in [0.29, 0.717) is 5.06 Å². The highest BCUT2D eigenvalue weighted by Gasteiger charge is 2.48. The van der Waals surface area contributed by atoms with E-state index in [1.54, 1.807) is 0 Å². The van der Waals surface area contributed by atoms with Crippen molar-refractivity contribution in [2.24, 2.45) is 0 Å². The van der Waals surface area contributed by atoms with Gasteiger partial charge in [-0.05, 0) is 25.0 Å². The minimum atomic E-state index is -5.10. The summed E-state index contributed by atoms with van der Waals surface area (Å²) < 4.78 is 36.3. The molecule has 0 aromatic carbocycles. The van der Waals surface area contributed by atoms with Crippen LogP contribution in [-0.2, 0) is 19.5 Å². The van der Waals surface area contributed by atoms with Crippen LogP contribution in [0.15, 0.2) is 55.1 Å². The van der Waals surface area contributed by atoms with Gasteiger partial charge in [-0.15, -0.1) is 0 Å². The number of aromatic nitrogens is 2. The monoisotopic (exact) mass is 464 g/mol. The number of hydrogen-bond donors (Lipinski definition) is 2. The van der Waals surface area contributed by atoms with Crippen molar-refractivity contribution in [3.05, 3.63) is 60.7 Å². The van der Waals surface area contributed by atoms with E-state index in [0.717, 1.165) is 4.90 Å². The molecule has 0 spiro atoms. The second-order valence-electron chi connectivity index (χ2n) is 6.75. The van der Waals surface area contributed by atoms with E-state index in [9.17, 15) is 27.4 Å². The Kier molecular flexibility index (Phi) is 7.29. The summed E-state index contributed by atoms with van der Waals surface area (Å²) in [7, 11) is -5.10. The number of hydrazine groups is 1. The van der Waals surface area contributed by atoms with Crippen molar-refractivity contribution in [1.82, 2.24) is 25.8 Å². The molecular formula is C18H20N6O7S. The predicted octanol–water partition coefficient (Wildman–Crippen LogP) is -0.996. The molecule has 2 atom stereocenters. The summed E-state index contributed by atoms with van der Waals surface area (Å²) in [6, 6.07) is 6.30. The quantitative estimate of drug-likeness (QED) is 0.329. The van der Waals surface area contributed by atoms with Crippen LogP contribution in [0.1, 0.15) is 23.2 Å². The third-order valence-electron chi connectivity index (χ3n) is 4.65. The van der Waals surface area contributed by atoms with Gasteiger partial charge in [0.05, 0.1) is 6.04 Å². The molecule has 4 amide bonds. The molecule has 13 nitrogen and oxygen atoms in total. The van der Waals surface area contributed by atoms with Gasteiger partial charge in [0.2, 0.25) is 10.4 Å². The molecule has 2 fully saturated rings. The average molecular weight is 464 g/mol. The number of H-pyrrole nitrogens is 1. The first kappa shape index (κ1) is 23.1. The summed E-state index contributed by atoms with van der Waals surface area (Å²) in [5, 5.41) is 0.477. The Morgan fingerprint density at radius 2 is 1.81 bits per heavy atom. The number of rotatable bonds is 4. The molecule has 0 saturated carbocycles. The topological polar surface area (TPSA) is 175 Å². The highest BCUT2D eigenvalue weighted by Crippen LogP contribution is 2.30. The number of pyridine rings is 2. The minimum absolute atomic E-state index is 0.0325. The number of nitrogens with zero attached hydrogens (tertiary/aromatic N) is 3. The lowest BCUT2D eigenvalue weighted by Crippen LogP contribution is -2.54. The maximum atomic E-state index is 12.3. The maximum Gasteiger partial charge on any atom is 0.346 e. The van der Waals surface area contributed by atoms with Crippen LogP contribution in [0.5, 0.6) is 0 Å². The molecule has 0 aliphatic carbocycles. The number of fused-ring (bicyclic) bond motifs is 2. The molecule has 3 N–H and O–H groups in total. The first-order chi connectivity index (χ1) is 15.3. The number of nitrogens with one attached hydrogen (secondary N) is 3. The molecule has 32 heavy (non-hydrogen) atoms. The van der Waals surface area contributed by atoms with Crippen molar-refractivity contribution in [3.8, 4) is 0 Å². The maximum absolute atomic E-state index is 12.3. The molecule has 14 heteroatoms. The highest BCUT2D eigenvalue weighted by molar-refractivity contribution is 7.80. The number of urea groups is 1. The summed E-state index contributed by atoms with van der Waals surface area (Å²) in [5.74, 6) is -1.21. The Hall–Kier alpha value is -3.62. The fourth-order valence-electron chi connectivity index (χ4n) is 3.22. The normalized spacial score (nSPS) is 19.6. The molecule has 170 valence electrons. The fraction of sp³-hybridized carbons (Fsp3) is 0.278. The van der Waals surface area contributed by atoms with Crippen LogP contribution >= 0.6 is 0 Å². The van der Waals surface area contributed by atoms with Gasteiger partial charge < -0.3 is 9.45 Å². The first-order valence-electron chi connectivity index (χ1n) is 9.43. The van der Waals surface area contributed by atoms with Gasteiger partial charge in [-0.1, -0.05) is 6.07 Å². The van der Waals surface area contributed by atoms with Crippen molar-refractivity contribution < 1.29 is 36.6 Å². The molecular weight excluding hydrogens is 444 g/mol. The summed E-state index contributed by atoms with van der Waals surface area (Å²) in [6.07, 6.45) is 7.05. The molecule has 0 unspecified atom stereocenters. The minimum Gasteiger partial charge on any atom is -0.724 e. The van der Waals surface area contributed by atoms with Crippen molar-refractivity contribution >= 4 is 28.2 Å². The Balaban J connectivity index is 0.000000416. The number of carbonyl (C=O) groups excluding carboxylic acids is 3. The predicted molar refractivity (Wildman–Crippen MR) is 104 cm³/mol. The van der Waals surface area contributed by atoms with Gasteiger partial charge in [-0.3, -0.25) is 25.4 Å². The molecule has 2 aromatic rings. The molecule has 0 radical (unpaired) electrons. The van der Waals surface area contributed by atoms with Crippen LogP contribution in [0, 0.1) is 0 Å². The fourth-order valence-corrected chi connectivity index (χ4v) is 3.60. The zero-order chi connectivity index (χ0) is 23.1. The molecule has 2 bridgehead atoms.